The third-order valence-electron chi connectivity index (χ3n) is 4.06. The van der Waals surface area contributed by atoms with Crippen molar-refractivity contribution in [3.05, 3.63) is 43.7 Å². The average molecular weight is 395 g/mol. The van der Waals surface area contributed by atoms with Crippen LogP contribution in [-0.2, 0) is 12.8 Å². The van der Waals surface area contributed by atoms with E-state index in [1.165, 1.54) is 28.3 Å². The molecule has 4 nitrogen and oxygen atoms in total. The Hall–Kier alpha value is -1.74. The predicted molar refractivity (Wildman–Crippen MR) is 101 cm³/mol. The molecule has 25 heavy (non-hydrogen) atoms. The van der Waals surface area contributed by atoms with E-state index in [0.29, 0.717) is 28.5 Å². The Morgan fingerprint density at radius 1 is 1.32 bits per heavy atom. The van der Waals surface area contributed by atoms with Gasteiger partial charge in [0, 0.05) is 10.4 Å². The summed E-state index contributed by atoms with van der Waals surface area (Å²) in [6, 6.07) is 5.28. The summed E-state index contributed by atoms with van der Waals surface area (Å²) in [5.41, 5.74) is 1.99. The fraction of sp³-hybridized carbons (Fsp3) is 0.333. The number of nitriles is 1. The average Bonchev–Trinajstić information content (AvgIpc) is 2.94. The smallest absolute Gasteiger partial charge is 0.256 e. The topological polar surface area (TPSA) is 62.1 Å². The number of nitrogens with zero attached hydrogens (tertiary/aromatic N) is 1. The molecule has 1 aromatic heterocycles. The van der Waals surface area contributed by atoms with E-state index < -0.39 is 0 Å². The number of carbonyl (C=O) groups is 1. The molecule has 0 aliphatic heterocycles. The van der Waals surface area contributed by atoms with Crippen LogP contribution in [0.2, 0.25) is 10.0 Å². The zero-order valence-electron chi connectivity index (χ0n) is 13.6. The number of thiophene rings is 1. The highest BCUT2D eigenvalue weighted by molar-refractivity contribution is 7.16. The van der Waals surface area contributed by atoms with Crippen LogP contribution in [0.3, 0.4) is 0 Å². The molecule has 0 spiro atoms. The standard InChI is InChI=1S/C18H16Cl2N2O2S/c1-2-24-16-13(19)7-10(8-14(16)20)17(23)22-18-12(9-21)11-5-3-4-6-15(11)25-18/h7-8H,2-6H2,1H3,(H,22,23). The van der Waals surface area contributed by atoms with Gasteiger partial charge in [-0.1, -0.05) is 23.2 Å². The minimum atomic E-state index is -0.345. The Morgan fingerprint density at radius 3 is 2.64 bits per heavy atom. The van der Waals surface area contributed by atoms with Gasteiger partial charge < -0.3 is 10.1 Å². The summed E-state index contributed by atoms with van der Waals surface area (Å²) >= 11 is 13.8. The Kier molecular flexibility index (Phi) is 5.53. The molecule has 0 saturated carbocycles. The van der Waals surface area contributed by atoms with E-state index in [9.17, 15) is 10.1 Å². The van der Waals surface area contributed by atoms with E-state index in [2.05, 4.69) is 11.4 Å². The van der Waals surface area contributed by atoms with Gasteiger partial charge in [0.15, 0.2) is 5.75 Å². The quantitative estimate of drug-likeness (QED) is 0.748. The highest BCUT2D eigenvalue weighted by Gasteiger charge is 2.22. The van der Waals surface area contributed by atoms with Crippen LogP contribution in [-0.4, -0.2) is 12.5 Å². The first-order valence-electron chi connectivity index (χ1n) is 8.03. The summed E-state index contributed by atoms with van der Waals surface area (Å²) in [5.74, 6) is 0.0219. The number of rotatable bonds is 4. The SMILES string of the molecule is CCOc1c(Cl)cc(C(=O)Nc2sc3c(c2C#N)CCCC3)cc1Cl. The van der Waals surface area contributed by atoms with Crippen molar-refractivity contribution in [3.8, 4) is 11.8 Å². The lowest BCUT2D eigenvalue weighted by atomic mass is 9.96. The fourth-order valence-corrected chi connectivity index (χ4v) is 4.75. The third-order valence-corrected chi connectivity index (χ3v) is 5.83. The maximum Gasteiger partial charge on any atom is 0.256 e. The van der Waals surface area contributed by atoms with Gasteiger partial charge >= 0.3 is 0 Å². The molecule has 0 radical (unpaired) electrons. The van der Waals surface area contributed by atoms with Crippen molar-refractivity contribution in [2.24, 2.45) is 0 Å². The van der Waals surface area contributed by atoms with Gasteiger partial charge in [-0.2, -0.15) is 5.26 Å². The van der Waals surface area contributed by atoms with E-state index in [0.717, 1.165) is 31.2 Å². The minimum Gasteiger partial charge on any atom is -0.491 e. The van der Waals surface area contributed by atoms with Crippen LogP contribution in [0.1, 0.15) is 46.1 Å². The maximum atomic E-state index is 12.6. The van der Waals surface area contributed by atoms with E-state index in [-0.39, 0.29) is 16.0 Å². The largest absolute Gasteiger partial charge is 0.491 e. The molecule has 1 aliphatic rings. The summed E-state index contributed by atoms with van der Waals surface area (Å²) in [5, 5.41) is 13.5. The number of halogens is 2. The normalized spacial score (nSPS) is 13.0. The van der Waals surface area contributed by atoms with Gasteiger partial charge in [-0.15, -0.1) is 11.3 Å². The summed E-state index contributed by atoms with van der Waals surface area (Å²) in [4.78, 5) is 13.8. The lowest BCUT2D eigenvalue weighted by Gasteiger charge is -2.10. The Morgan fingerprint density at radius 2 is 2.00 bits per heavy atom. The molecule has 1 N–H and O–H groups in total. The number of aryl methyl sites for hydroxylation is 1. The van der Waals surface area contributed by atoms with Gasteiger partial charge in [0.25, 0.3) is 5.91 Å². The Bertz CT molecular complexity index is 848. The van der Waals surface area contributed by atoms with E-state index in [4.69, 9.17) is 27.9 Å². The van der Waals surface area contributed by atoms with Crippen molar-refractivity contribution in [2.75, 3.05) is 11.9 Å². The first kappa shape index (κ1) is 18.1. The number of hydrogen-bond donors (Lipinski definition) is 1. The van der Waals surface area contributed by atoms with Gasteiger partial charge in [0.1, 0.15) is 11.1 Å². The molecule has 3 rings (SSSR count). The van der Waals surface area contributed by atoms with Gasteiger partial charge in [-0.05, 0) is 50.3 Å². The van der Waals surface area contributed by atoms with E-state index in [1.807, 2.05) is 6.92 Å². The van der Waals surface area contributed by atoms with Gasteiger partial charge in [0.2, 0.25) is 0 Å². The molecule has 1 amide bonds. The summed E-state index contributed by atoms with van der Waals surface area (Å²) in [6.07, 6.45) is 4.06. The van der Waals surface area contributed by atoms with Gasteiger partial charge in [-0.3, -0.25) is 4.79 Å². The molecule has 1 heterocycles. The second-order valence-corrected chi connectivity index (χ2v) is 7.60. The van der Waals surface area contributed by atoms with Crippen molar-refractivity contribution < 1.29 is 9.53 Å². The number of fused-ring (bicyclic) bond motifs is 1. The number of benzene rings is 1. The Balaban J connectivity index is 1.88. The number of carbonyl (C=O) groups excluding carboxylic acids is 1. The highest BCUT2D eigenvalue weighted by Crippen LogP contribution is 2.38. The van der Waals surface area contributed by atoms with Crippen LogP contribution in [0.25, 0.3) is 0 Å². The predicted octanol–water partition coefficient (Wildman–Crippen LogP) is 5.46. The number of anilines is 1. The van der Waals surface area contributed by atoms with Crippen LogP contribution in [0, 0.1) is 11.3 Å². The minimum absolute atomic E-state index is 0.283. The molecule has 1 aliphatic carbocycles. The summed E-state index contributed by atoms with van der Waals surface area (Å²) < 4.78 is 5.38. The maximum absolute atomic E-state index is 12.6. The van der Waals surface area contributed by atoms with Crippen LogP contribution in [0.4, 0.5) is 5.00 Å². The van der Waals surface area contributed by atoms with Crippen molar-refractivity contribution in [1.29, 1.82) is 5.26 Å². The van der Waals surface area contributed by atoms with Crippen LogP contribution >= 0.6 is 34.5 Å². The molecule has 0 bridgehead atoms. The number of ether oxygens (including phenoxy) is 1. The zero-order valence-corrected chi connectivity index (χ0v) is 15.9. The van der Waals surface area contributed by atoms with Gasteiger partial charge in [0.05, 0.1) is 22.2 Å². The first-order chi connectivity index (χ1) is 12.0. The second kappa shape index (κ2) is 7.65. The summed E-state index contributed by atoms with van der Waals surface area (Å²) in [7, 11) is 0. The second-order valence-electron chi connectivity index (χ2n) is 5.68. The van der Waals surface area contributed by atoms with Crippen molar-refractivity contribution in [1.82, 2.24) is 0 Å². The first-order valence-corrected chi connectivity index (χ1v) is 9.60. The molecular weight excluding hydrogens is 379 g/mol. The van der Waals surface area contributed by atoms with Crippen molar-refractivity contribution in [3.63, 3.8) is 0 Å². The number of hydrogen-bond acceptors (Lipinski definition) is 4. The van der Waals surface area contributed by atoms with E-state index >= 15 is 0 Å². The lowest BCUT2D eigenvalue weighted by molar-refractivity contribution is 0.102. The monoisotopic (exact) mass is 394 g/mol. The summed E-state index contributed by atoms with van der Waals surface area (Å²) in [6.45, 7) is 2.26. The zero-order chi connectivity index (χ0) is 18.0. The Labute approximate surface area is 160 Å². The highest BCUT2D eigenvalue weighted by atomic mass is 35.5. The number of amides is 1. The molecule has 2 aromatic rings. The molecular formula is C18H16Cl2N2O2S. The molecule has 7 heteroatoms. The lowest BCUT2D eigenvalue weighted by Crippen LogP contribution is -2.12. The molecule has 1 aromatic carbocycles. The van der Waals surface area contributed by atoms with Crippen molar-refractivity contribution >= 4 is 45.4 Å². The van der Waals surface area contributed by atoms with Crippen LogP contribution in [0.15, 0.2) is 12.1 Å². The van der Waals surface area contributed by atoms with Crippen LogP contribution in [0.5, 0.6) is 5.75 Å². The van der Waals surface area contributed by atoms with Crippen molar-refractivity contribution in [2.45, 2.75) is 32.6 Å². The fourth-order valence-electron chi connectivity index (χ4n) is 2.92. The van der Waals surface area contributed by atoms with Gasteiger partial charge in [-0.25, -0.2) is 0 Å². The molecule has 0 atom stereocenters. The van der Waals surface area contributed by atoms with E-state index in [1.54, 1.807) is 0 Å². The van der Waals surface area contributed by atoms with Crippen LogP contribution < -0.4 is 10.1 Å². The number of nitrogens with one attached hydrogen (secondary N) is 1. The molecule has 0 fully saturated rings. The molecule has 130 valence electrons. The molecule has 0 unspecified atom stereocenters. The third kappa shape index (κ3) is 3.62. The molecule has 0 saturated heterocycles.